The molecule has 0 bridgehead atoms. The summed E-state index contributed by atoms with van der Waals surface area (Å²) < 4.78 is 61.9. The molecule has 0 aliphatic heterocycles. The van der Waals surface area contributed by atoms with Crippen molar-refractivity contribution in [3.8, 4) is 16.9 Å². The molecule has 0 amide bonds. The zero-order valence-electron chi connectivity index (χ0n) is 14.9. The number of nitrogens with zero attached hydrogens (tertiary/aromatic N) is 2. The van der Waals surface area contributed by atoms with Crippen LogP contribution in [0.2, 0.25) is 0 Å². The van der Waals surface area contributed by atoms with Crippen LogP contribution in [0.4, 0.5) is 17.6 Å². The maximum atomic E-state index is 14.7. The highest BCUT2D eigenvalue weighted by atomic mass is 19.4. The van der Waals surface area contributed by atoms with Crippen molar-refractivity contribution in [2.45, 2.75) is 25.9 Å². The van der Waals surface area contributed by atoms with E-state index >= 15 is 0 Å². The first kappa shape index (κ1) is 18.5. The molecule has 1 aliphatic rings. The standard InChI is InChI=1S/C20H16F4N2O2/c1-11-6-7-26-16(8-11)25-18(20(22,23)24)17(19(26)27)14-5-4-13(9-15(14)21)28-10-12-2-3-12/h4-9,12H,2-3,10H2,1H3. The van der Waals surface area contributed by atoms with Crippen LogP contribution in [0.5, 0.6) is 5.75 Å². The minimum atomic E-state index is -4.92. The minimum Gasteiger partial charge on any atom is -0.493 e. The fourth-order valence-corrected chi connectivity index (χ4v) is 2.97. The first-order chi connectivity index (χ1) is 13.2. The molecule has 3 aromatic rings. The highest BCUT2D eigenvalue weighted by Gasteiger charge is 2.38. The Bertz CT molecular complexity index is 1120. The monoisotopic (exact) mass is 392 g/mol. The lowest BCUT2D eigenvalue weighted by atomic mass is 10.0. The molecule has 1 aromatic carbocycles. The molecule has 146 valence electrons. The average Bonchev–Trinajstić information content (AvgIpc) is 3.44. The molecule has 1 saturated carbocycles. The minimum absolute atomic E-state index is 0.147. The summed E-state index contributed by atoms with van der Waals surface area (Å²) in [6.45, 7) is 2.11. The Labute approximate surface area is 157 Å². The van der Waals surface area contributed by atoms with E-state index in [0.29, 0.717) is 18.1 Å². The third-order valence-corrected chi connectivity index (χ3v) is 4.65. The SMILES string of the molecule is Cc1ccn2c(=O)c(-c3ccc(OCC4CC4)cc3F)c(C(F)(F)F)nc2c1. The number of alkyl halides is 3. The Kier molecular flexibility index (Phi) is 4.36. The predicted molar refractivity (Wildman–Crippen MR) is 94.8 cm³/mol. The normalized spacial score (nSPS) is 14.5. The molecular formula is C20H16F4N2O2. The van der Waals surface area contributed by atoms with E-state index in [0.717, 1.165) is 29.4 Å². The summed E-state index contributed by atoms with van der Waals surface area (Å²) in [7, 11) is 0. The smallest absolute Gasteiger partial charge is 0.434 e. The van der Waals surface area contributed by atoms with Gasteiger partial charge in [-0.1, -0.05) is 0 Å². The van der Waals surface area contributed by atoms with Crippen molar-refractivity contribution in [2.24, 2.45) is 5.92 Å². The summed E-state index contributed by atoms with van der Waals surface area (Å²) in [6.07, 6.45) is -1.49. The molecule has 2 heterocycles. The lowest BCUT2D eigenvalue weighted by Gasteiger charge is -2.15. The van der Waals surface area contributed by atoms with E-state index in [9.17, 15) is 22.4 Å². The van der Waals surface area contributed by atoms with Crippen LogP contribution < -0.4 is 10.3 Å². The van der Waals surface area contributed by atoms with Crippen molar-refractivity contribution < 1.29 is 22.3 Å². The Morgan fingerprint density at radius 1 is 1.21 bits per heavy atom. The number of rotatable bonds is 4. The maximum absolute atomic E-state index is 14.7. The number of ether oxygens (including phenoxy) is 1. The number of pyridine rings is 1. The van der Waals surface area contributed by atoms with Crippen LogP contribution >= 0.6 is 0 Å². The van der Waals surface area contributed by atoms with Crippen molar-refractivity contribution in [3.05, 3.63) is 64.0 Å². The fourth-order valence-electron chi connectivity index (χ4n) is 2.97. The van der Waals surface area contributed by atoms with Gasteiger partial charge in [-0.3, -0.25) is 9.20 Å². The molecule has 2 aromatic heterocycles. The molecule has 0 atom stereocenters. The third kappa shape index (κ3) is 3.46. The van der Waals surface area contributed by atoms with Crippen LogP contribution in [0.3, 0.4) is 0 Å². The molecule has 1 fully saturated rings. The molecule has 0 radical (unpaired) electrons. The lowest BCUT2D eigenvalue weighted by molar-refractivity contribution is -0.140. The average molecular weight is 392 g/mol. The zero-order chi connectivity index (χ0) is 20.1. The van der Waals surface area contributed by atoms with Crippen LogP contribution in [-0.4, -0.2) is 16.0 Å². The molecule has 0 unspecified atom stereocenters. The molecule has 0 N–H and O–H groups in total. The van der Waals surface area contributed by atoms with E-state index in [1.54, 1.807) is 13.0 Å². The van der Waals surface area contributed by atoms with Crippen molar-refractivity contribution in [2.75, 3.05) is 6.61 Å². The molecule has 8 heteroatoms. The van der Waals surface area contributed by atoms with Crippen molar-refractivity contribution in [1.82, 2.24) is 9.38 Å². The van der Waals surface area contributed by atoms with Gasteiger partial charge in [-0.05, 0) is 55.5 Å². The van der Waals surface area contributed by atoms with Gasteiger partial charge in [0.15, 0.2) is 5.69 Å². The van der Waals surface area contributed by atoms with E-state index in [-0.39, 0.29) is 11.4 Å². The van der Waals surface area contributed by atoms with Gasteiger partial charge < -0.3 is 4.74 Å². The zero-order valence-corrected chi connectivity index (χ0v) is 14.9. The summed E-state index contributed by atoms with van der Waals surface area (Å²) in [5, 5.41) is 0. The Morgan fingerprint density at radius 2 is 1.96 bits per heavy atom. The molecule has 4 rings (SSSR count). The second kappa shape index (κ2) is 6.61. The van der Waals surface area contributed by atoms with E-state index in [4.69, 9.17) is 4.74 Å². The van der Waals surface area contributed by atoms with Crippen LogP contribution in [0.15, 0.2) is 41.3 Å². The second-order valence-electron chi connectivity index (χ2n) is 6.97. The Balaban J connectivity index is 1.88. The summed E-state index contributed by atoms with van der Waals surface area (Å²) in [4.78, 5) is 16.4. The Morgan fingerprint density at radius 3 is 2.61 bits per heavy atom. The maximum Gasteiger partial charge on any atom is 0.434 e. The van der Waals surface area contributed by atoms with Gasteiger partial charge in [0.2, 0.25) is 0 Å². The van der Waals surface area contributed by atoms with E-state index in [1.165, 1.54) is 18.3 Å². The van der Waals surface area contributed by atoms with Gasteiger partial charge >= 0.3 is 6.18 Å². The van der Waals surface area contributed by atoms with Gasteiger partial charge in [-0.2, -0.15) is 13.2 Å². The highest BCUT2D eigenvalue weighted by Crippen LogP contribution is 2.36. The van der Waals surface area contributed by atoms with Gasteiger partial charge in [0.1, 0.15) is 17.2 Å². The van der Waals surface area contributed by atoms with Gasteiger partial charge in [0.25, 0.3) is 5.56 Å². The second-order valence-corrected chi connectivity index (χ2v) is 6.97. The van der Waals surface area contributed by atoms with E-state index < -0.39 is 34.4 Å². The largest absolute Gasteiger partial charge is 0.493 e. The van der Waals surface area contributed by atoms with Crippen LogP contribution in [0.25, 0.3) is 16.8 Å². The first-order valence-corrected chi connectivity index (χ1v) is 8.77. The first-order valence-electron chi connectivity index (χ1n) is 8.77. The number of aryl methyl sites for hydroxylation is 1. The number of fused-ring (bicyclic) bond motifs is 1. The van der Waals surface area contributed by atoms with Gasteiger partial charge in [0, 0.05) is 17.8 Å². The molecule has 4 nitrogen and oxygen atoms in total. The van der Waals surface area contributed by atoms with E-state index in [2.05, 4.69) is 4.98 Å². The summed E-state index contributed by atoms with van der Waals surface area (Å²) in [5.41, 5.74) is -3.17. The lowest BCUT2D eigenvalue weighted by Crippen LogP contribution is -2.24. The number of hydrogen-bond acceptors (Lipinski definition) is 3. The Hall–Kier alpha value is -2.90. The molecule has 1 aliphatic carbocycles. The number of aromatic nitrogens is 2. The third-order valence-electron chi connectivity index (χ3n) is 4.65. The highest BCUT2D eigenvalue weighted by molar-refractivity contribution is 5.68. The molecule has 0 spiro atoms. The summed E-state index contributed by atoms with van der Waals surface area (Å²) >= 11 is 0. The fraction of sp³-hybridized carbons (Fsp3) is 0.300. The van der Waals surface area contributed by atoms with Gasteiger partial charge in [-0.15, -0.1) is 0 Å². The van der Waals surface area contributed by atoms with E-state index in [1.807, 2.05) is 0 Å². The quantitative estimate of drug-likeness (QED) is 0.609. The number of hydrogen-bond donors (Lipinski definition) is 0. The van der Waals surface area contributed by atoms with Crippen LogP contribution in [0, 0.1) is 18.7 Å². The number of halogens is 4. The van der Waals surface area contributed by atoms with Crippen molar-refractivity contribution in [3.63, 3.8) is 0 Å². The van der Waals surface area contributed by atoms with Crippen LogP contribution in [-0.2, 0) is 6.18 Å². The number of benzene rings is 1. The topological polar surface area (TPSA) is 43.6 Å². The van der Waals surface area contributed by atoms with Gasteiger partial charge in [0.05, 0.1) is 12.2 Å². The molecule has 28 heavy (non-hydrogen) atoms. The van der Waals surface area contributed by atoms with Crippen molar-refractivity contribution in [1.29, 1.82) is 0 Å². The van der Waals surface area contributed by atoms with Crippen LogP contribution in [0.1, 0.15) is 24.1 Å². The van der Waals surface area contributed by atoms with Gasteiger partial charge in [-0.25, -0.2) is 9.37 Å². The van der Waals surface area contributed by atoms with Crippen molar-refractivity contribution >= 4 is 5.65 Å². The predicted octanol–water partition coefficient (Wildman–Crippen LogP) is 4.62. The summed E-state index contributed by atoms with van der Waals surface area (Å²) in [6, 6.07) is 6.43. The molecular weight excluding hydrogens is 376 g/mol. The summed E-state index contributed by atoms with van der Waals surface area (Å²) in [5.74, 6) is -0.312. The molecule has 0 saturated heterocycles.